The number of aliphatic hydroxyl groups is 1. The Bertz CT molecular complexity index is 679. The fraction of sp³-hybridized carbons (Fsp3) is 0.483. The molecule has 0 spiro atoms. The maximum absolute atomic E-state index is 11.9. The number of benzene rings is 1. The molecule has 4 N–H and O–H groups in total. The molecule has 0 saturated heterocycles. The Morgan fingerprint density at radius 3 is 1.74 bits per heavy atom. The van der Waals surface area contributed by atoms with Crippen LogP contribution in [0, 0.1) is 25.7 Å². The number of carbonyl (C=O) groups excluding carboxylic acids is 3. The highest BCUT2D eigenvalue weighted by molar-refractivity contribution is 5.83. The highest BCUT2D eigenvalue weighted by Crippen LogP contribution is 2.25. The Balaban J connectivity index is -0.0000000942. The van der Waals surface area contributed by atoms with E-state index in [1.165, 1.54) is 7.11 Å². The van der Waals surface area contributed by atoms with E-state index in [0.717, 1.165) is 12.7 Å². The van der Waals surface area contributed by atoms with Crippen LogP contribution in [0.15, 0.2) is 36.6 Å². The third-order valence-corrected chi connectivity index (χ3v) is 3.45. The molecule has 0 fully saturated rings. The number of rotatable bonds is 6. The molecule has 0 radical (unpaired) electrons. The molecule has 0 aromatic heterocycles. The van der Waals surface area contributed by atoms with Crippen LogP contribution in [0.3, 0.4) is 0 Å². The molecule has 0 unspecified atom stereocenters. The standard InChI is InChI=1S/C15H22N2O4.C3H6O.3C2H6.2C2H2.CH3NO/c1-5-11(2)17(3)14(18)10-16-15(19)21-13-9-7-6-8-12(13)20-4;1-2-3-4;5*1-2;2-1-3/h6-9,11H,5,10H2,1-4H3,(H,16,19);2-4H,1H3;3*1-2H3;2*1-2H;1H,(H2,2,3)/b;3-2+;;;;;;/t11-;;;;;;;/m1......./s1. The monoisotopic (exact) mass is 539 g/mol. The summed E-state index contributed by atoms with van der Waals surface area (Å²) >= 11 is 0. The summed E-state index contributed by atoms with van der Waals surface area (Å²) in [7, 11) is 3.20. The molecule has 0 heterocycles. The molecule has 0 bridgehead atoms. The summed E-state index contributed by atoms with van der Waals surface area (Å²) in [6.45, 7) is 17.6. The smallest absolute Gasteiger partial charge is 0.413 e. The molecule has 9 heteroatoms. The maximum Gasteiger partial charge on any atom is 0.413 e. The largest absolute Gasteiger partial charge is 0.516 e. The van der Waals surface area contributed by atoms with Gasteiger partial charge in [-0.05, 0) is 32.4 Å². The Morgan fingerprint density at radius 2 is 1.42 bits per heavy atom. The Kier molecular flexibility index (Phi) is 66.6. The van der Waals surface area contributed by atoms with Gasteiger partial charge in [-0.1, -0.05) is 66.7 Å². The van der Waals surface area contributed by atoms with Crippen molar-refractivity contribution in [2.45, 2.75) is 74.8 Å². The topological polar surface area (TPSA) is 131 Å². The van der Waals surface area contributed by atoms with E-state index in [4.69, 9.17) is 19.4 Å². The number of hydrogen-bond donors (Lipinski definition) is 3. The van der Waals surface area contributed by atoms with Crippen molar-refractivity contribution in [2.75, 3.05) is 20.7 Å². The number of hydrogen-bond acceptors (Lipinski definition) is 6. The molecule has 9 nitrogen and oxygen atoms in total. The SMILES string of the molecule is C#C.C#C.C/C=C/O.CC.CC.CC.CC[C@@H](C)N(C)C(=O)CNC(=O)Oc1ccccc1OC.NC=O. The van der Waals surface area contributed by atoms with E-state index in [1.54, 1.807) is 49.2 Å². The predicted octanol–water partition coefficient (Wildman–Crippen LogP) is 5.80. The fourth-order valence-electron chi connectivity index (χ4n) is 1.63. The molecular weight excluding hydrogens is 486 g/mol. The van der Waals surface area contributed by atoms with Gasteiger partial charge in [-0.2, -0.15) is 0 Å². The van der Waals surface area contributed by atoms with Crippen LogP contribution in [0.1, 0.15) is 68.7 Å². The number of para-hydroxylation sites is 2. The Morgan fingerprint density at radius 1 is 1.05 bits per heavy atom. The van der Waals surface area contributed by atoms with E-state index >= 15 is 0 Å². The van der Waals surface area contributed by atoms with Gasteiger partial charge in [0, 0.05) is 13.1 Å². The van der Waals surface area contributed by atoms with Gasteiger partial charge in [0.05, 0.1) is 13.4 Å². The fourth-order valence-corrected chi connectivity index (χ4v) is 1.63. The Hall–Kier alpha value is -4.11. The van der Waals surface area contributed by atoms with Crippen LogP contribution in [-0.4, -0.2) is 55.2 Å². The average molecular weight is 540 g/mol. The zero-order valence-corrected chi connectivity index (χ0v) is 25.4. The second-order valence-electron chi connectivity index (χ2n) is 5.27. The van der Waals surface area contributed by atoms with Crippen molar-refractivity contribution in [3.8, 4) is 37.2 Å². The number of nitrogens with two attached hydrogens (primary N) is 1. The van der Waals surface area contributed by atoms with Crippen molar-refractivity contribution in [3.63, 3.8) is 0 Å². The minimum atomic E-state index is -0.689. The second-order valence-corrected chi connectivity index (χ2v) is 5.27. The number of ether oxygens (including phenoxy) is 2. The van der Waals surface area contributed by atoms with Gasteiger partial charge >= 0.3 is 6.09 Å². The van der Waals surface area contributed by atoms with E-state index in [0.29, 0.717) is 11.5 Å². The number of primary amides is 1. The van der Waals surface area contributed by atoms with Crippen LogP contribution >= 0.6 is 0 Å². The van der Waals surface area contributed by atoms with Crippen LogP contribution in [-0.2, 0) is 9.59 Å². The third kappa shape index (κ3) is 36.5. The van der Waals surface area contributed by atoms with Gasteiger partial charge in [-0.15, -0.1) is 25.7 Å². The van der Waals surface area contributed by atoms with E-state index in [9.17, 15) is 9.59 Å². The molecule has 0 aliphatic carbocycles. The van der Waals surface area contributed by atoms with E-state index in [-0.39, 0.29) is 24.9 Å². The minimum absolute atomic E-state index is 0.102. The minimum Gasteiger partial charge on any atom is -0.516 e. The molecule has 220 valence electrons. The van der Waals surface area contributed by atoms with Crippen molar-refractivity contribution in [3.05, 3.63) is 36.6 Å². The lowest BCUT2D eigenvalue weighted by Crippen LogP contribution is -2.42. The van der Waals surface area contributed by atoms with Crippen molar-refractivity contribution >= 4 is 18.4 Å². The summed E-state index contributed by atoms with van der Waals surface area (Å²) in [6, 6.07) is 6.93. The number of allylic oxidation sites excluding steroid dienone is 1. The van der Waals surface area contributed by atoms with Crippen molar-refractivity contribution in [1.82, 2.24) is 10.2 Å². The van der Waals surface area contributed by atoms with Crippen LogP contribution < -0.4 is 20.5 Å². The summed E-state index contributed by atoms with van der Waals surface area (Å²) < 4.78 is 10.2. The summed E-state index contributed by atoms with van der Waals surface area (Å²) in [5, 5.41) is 10.1. The van der Waals surface area contributed by atoms with Crippen LogP contribution in [0.5, 0.6) is 11.5 Å². The summed E-state index contributed by atoms with van der Waals surface area (Å²) in [5.41, 5.74) is 4.17. The van der Waals surface area contributed by atoms with Crippen LogP contribution in [0.25, 0.3) is 0 Å². The molecule has 1 rings (SSSR count). The summed E-state index contributed by atoms with van der Waals surface area (Å²) in [6.07, 6.45) is 19.0. The number of likely N-dealkylation sites (N-methyl/N-ethyl adjacent to an activating group) is 1. The number of aliphatic hydroxyl groups excluding tert-OH is 1. The second kappa shape index (κ2) is 49.9. The number of amides is 3. The molecule has 0 saturated carbocycles. The number of carbonyl (C=O) groups is 3. The van der Waals surface area contributed by atoms with Gasteiger partial charge in [0.25, 0.3) is 0 Å². The molecule has 0 aliphatic heterocycles. The molecule has 1 aromatic carbocycles. The molecule has 1 atom stereocenters. The average Bonchev–Trinajstić information content (AvgIpc) is 3.01. The van der Waals surface area contributed by atoms with Crippen LogP contribution in [0.4, 0.5) is 4.79 Å². The Labute approximate surface area is 232 Å². The zero-order chi connectivity index (χ0) is 31.9. The van der Waals surface area contributed by atoms with Crippen LogP contribution in [0.2, 0.25) is 0 Å². The first-order valence-electron chi connectivity index (χ1n) is 12.2. The summed E-state index contributed by atoms with van der Waals surface area (Å²) in [5.74, 6) is 0.595. The van der Waals surface area contributed by atoms with Gasteiger partial charge < -0.3 is 30.5 Å². The molecular formula is C29H53N3O6. The van der Waals surface area contributed by atoms with Crippen molar-refractivity contribution in [2.24, 2.45) is 5.73 Å². The van der Waals surface area contributed by atoms with Gasteiger partial charge in [-0.3, -0.25) is 9.59 Å². The van der Waals surface area contributed by atoms with E-state index in [1.807, 2.05) is 55.4 Å². The van der Waals surface area contributed by atoms with E-state index in [2.05, 4.69) is 36.7 Å². The summed E-state index contributed by atoms with van der Waals surface area (Å²) in [4.78, 5) is 33.7. The quantitative estimate of drug-likeness (QED) is 0.238. The third-order valence-electron chi connectivity index (χ3n) is 3.45. The lowest BCUT2D eigenvalue weighted by atomic mass is 10.2. The van der Waals surface area contributed by atoms with Gasteiger partial charge in [-0.25, -0.2) is 4.79 Å². The predicted molar refractivity (Wildman–Crippen MR) is 161 cm³/mol. The number of methoxy groups -OCH3 is 1. The number of nitrogens with one attached hydrogen (secondary N) is 1. The van der Waals surface area contributed by atoms with Crippen molar-refractivity contribution in [1.29, 1.82) is 0 Å². The van der Waals surface area contributed by atoms with Crippen molar-refractivity contribution < 1.29 is 29.0 Å². The van der Waals surface area contributed by atoms with Gasteiger partial charge in [0.15, 0.2) is 11.5 Å². The highest BCUT2D eigenvalue weighted by atomic mass is 16.6. The normalized spacial score (nSPS) is 8.18. The first-order chi connectivity index (χ1) is 18.3. The van der Waals surface area contributed by atoms with Gasteiger partial charge in [0.2, 0.25) is 12.3 Å². The number of terminal acetylenes is 2. The molecule has 3 amide bonds. The first-order valence-corrected chi connectivity index (χ1v) is 12.2. The maximum atomic E-state index is 11.9. The first kappa shape index (κ1) is 50.7. The molecule has 1 aromatic rings. The lowest BCUT2D eigenvalue weighted by Gasteiger charge is -2.23. The number of nitrogens with zero attached hydrogens (tertiary/aromatic N) is 1. The zero-order valence-electron chi connectivity index (χ0n) is 25.4. The molecule has 38 heavy (non-hydrogen) atoms. The highest BCUT2D eigenvalue weighted by Gasteiger charge is 2.16. The van der Waals surface area contributed by atoms with E-state index < -0.39 is 6.09 Å². The lowest BCUT2D eigenvalue weighted by molar-refractivity contribution is -0.130. The molecule has 0 aliphatic rings. The van der Waals surface area contributed by atoms with Gasteiger partial charge in [0.1, 0.15) is 6.54 Å².